The summed E-state index contributed by atoms with van der Waals surface area (Å²) in [6, 6.07) is 17.6. The molecule has 2 aromatic heterocycles. The van der Waals surface area contributed by atoms with Crippen LogP contribution in [0.5, 0.6) is 0 Å². The first-order valence-corrected chi connectivity index (χ1v) is 9.82. The number of piperazine rings is 1. The molecule has 144 valence electrons. The Balaban J connectivity index is 1.19. The zero-order valence-electron chi connectivity index (χ0n) is 15.9. The maximum Gasteiger partial charge on any atom is 0.269 e. The highest BCUT2D eigenvalue weighted by molar-refractivity contribution is 5.94. The fourth-order valence-corrected chi connectivity index (χ4v) is 3.53. The van der Waals surface area contributed by atoms with E-state index >= 15 is 0 Å². The van der Waals surface area contributed by atoms with Crippen molar-refractivity contribution in [2.45, 2.75) is 6.42 Å². The number of para-hydroxylation sites is 1. The molecule has 0 unspecified atom stereocenters. The van der Waals surface area contributed by atoms with Crippen molar-refractivity contribution in [3.8, 4) is 0 Å². The van der Waals surface area contributed by atoms with Crippen LogP contribution >= 0.6 is 0 Å². The van der Waals surface area contributed by atoms with Crippen LogP contribution in [-0.4, -0.2) is 60.0 Å². The number of fused-ring (bicyclic) bond motifs is 1. The van der Waals surface area contributed by atoms with E-state index in [1.54, 1.807) is 6.07 Å². The summed E-state index contributed by atoms with van der Waals surface area (Å²) in [7, 11) is 0. The number of hydrogen-bond donors (Lipinski definition) is 1. The topological polar surface area (TPSA) is 61.4 Å². The minimum absolute atomic E-state index is 0.106. The summed E-state index contributed by atoms with van der Waals surface area (Å²) < 4.78 is 0. The minimum atomic E-state index is -0.106. The molecule has 1 saturated heterocycles. The van der Waals surface area contributed by atoms with Gasteiger partial charge in [-0.15, -0.1) is 0 Å². The summed E-state index contributed by atoms with van der Waals surface area (Å²) >= 11 is 0. The number of carbonyl (C=O) groups excluding carboxylic acids is 1. The van der Waals surface area contributed by atoms with Gasteiger partial charge in [-0.05, 0) is 37.2 Å². The average Bonchev–Trinajstić information content (AvgIpc) is 2.77. The molecule has 0 aliphatic carbocycles. The van der Waals surface area contributed by atoms with Crippen LogP contribution in [0.2, 0.25) is 0 Å². The second-order valence-corrected chi connectivity index (χ2v) is 7.02. The number of anilines is 1. The fourth-order valence-electron chi connectivity index (χ4n) is 3.53. The van der Waals surface area contributed by atoms with Crippen LogP contribution in [0.25, 0.3) is 10.9 Å². The quantitative estimate of drug-likeness (QED) is 0.671. The van der Waals surface area contributed by atoms with Crippen LogP contribution in [-0.2, 0) is 0 Å². The number of aromatic nitrogens is 2. The predicted octanol–water partition coefficient (Wildman–Crippen LogP) is 2.57. The van der Waals surface area contributed by atoms with E-state index in [1.165, 1.54) is 0 Å². The van der Waals surface area contributed by atoms with Gasteiger partial charge in [0, 0.05) is 44.3 Å². The molecule has 1 aromatic carbocycles. The molecule has 1 N–H and O–H groups in total. The molecule has 6 heteroatoms. The third-order valence-corrected chi connectivity index (χ3v) is 5.11. The van der Waals surface area contributed by atoms with Crippen LogP contribution in [0.4, 0.5) is 5.82 Å². The zero-order valence-corrected chi connectivity index (χ0v) is 15.9. The summed E-state index contributed by atoms with van der Waals surface area (Å²) in [5.41, 5.74) is 1.32. The van der Waals surface area contributed by atoms with Crippen molar-refractivity contribution in [1.29, 1.82) is 0 Å². The van der Waals surface area contributed by atoms with E-state index in [1.807, 2.05) is 48.7 Å². The number of nitrogens with zero attached hydrogens (tertiary/aromatic N) is 4. The van der Waals surface area contributed by atoms with Gasteiger partial charge in [-0.1, -0.05) is 30.3 Å². The summed E-state index contributed by atoms with van der Waals surface area (Å²) in [6.07, 6.45) is 2.78. The standard InChI is InChI=1S/C22H25N5O/c28-22(20-10-9-18-6-1-2-7-19(18)25-20)24-12-5-13-26-14-16-27(17-15-26)21-8-3-4-11-23-21/h1-4,6-11H,5,12-17H2,(H,24,28). The zero-order chi connectivity index (χ0) is 19.2. The molecule has 1 amide bonds. The number of nitrogens with one attached hydrogen (secondary N) is 1. The first-order valence-electron chi connectivity index (χ1n) is 9.82. The van der Waals surface area contributed by atoms with Gasteiger partial charge in [-0.3, -0.25) is 9.69 Å². The molecule has 0 bridgehead atoms. The monoisotopic (exact) mass is 375 g/mol. The van der Waals surface area contributed by atoms with Crippen LogP contribution < -0.4 is 10.2 Å². The van der Waals surface area contributed by atoms with Gasteiger partial charge in [-0.25, -0.2) is 9.97 Å². The molecule has 0 spiro atoms. The molecule has 6 nitrogen and oxygen atoms in total. The molecule has 0 radical (unpaired) electrons. The number of rotatable bonds is 6. The Morgan fingerprint density at radius 1 is 0.964 bits per heavy atom. The maximum atomic E-state index is 12.3. The Kier molecular flexibility index (Phi) is 5.77. The lowest BCUT2D eigenvalue weighted by atomic mass is 10.2. The van der Waals surface area contributed by atoms with Gasteiger partial charge in [0.05, 0.1) is 5.52 Å². The number of hydrogen-bond acceptors (Lipinski definition) is 5. The van der Waals surface area contributed by atoms with E-state index < -0.39 is 0 Å². The molecule has 0 saturated carbocycles. The van der Waals surface area contributed by atoms with E-state index in [2.05, 4.69) is 31.2 Å². The predicted molar refractivity (Wildman–Crippen MR) is 112 cm³/mol. The van der Waals surface area contributed by atoms with Gasteiger partial charge in [0.2, 0.25) is 0 Å². The SMILES string of the molecule is O=C(NCCCN1CCN(c2ccccn2)CC1)c1ccc2ccccc2n1. The smallest absolute Gasteiger partial charge is 0.269 e. The van der Waals surface area contributed by atoms with Crippen LogP contribution in [0.1, 0.15) is 16.9 Å². The first kappa shape index (κ1) is 18.4. The molecule has 1 fully saturated rings. The Bertz CT molecular complexity index is 922. The molecular formula is C22H25N5O. The molecule has 4 rings (SSSR count). The lowest BCUT2D eigenvalue weighted by Crippen LogP contribution is -2.47. The van der Waals surface area contributed by atoms with Gasteiger partial charge in [0.25, 0.3) is 5.91 Å². The maximum absolute atomic E-state index is 12.3. The van der Waals surface area contributed by atoms with E-state index in [4.69, 9.17) is 0 Å². The van der Waals surface area contributed by atoms with E-state index in [0.717, 1.165) is 55.9 Å². The lowest BCUT2D eigenvalue weighted by Gasteiger charge is -2.35. The third-order valence-electron chi connectivity index (χ3n) is 5.11. The van der Waals surface area contributed by atoms with Crippen molar-refractivity contribution in [3.63, 3.8) is 0 Å². The number of amides is 1. The van der Waals surface area contributed by atoms with E-state index in [0.29, 0.717) is 12.2 Å². The average molecular weight is 375 g/mol. The van der Waals surface area contributed by atoms with Crippen molar-refractivity contribution < 1.29 is 4.79 Å². The summed E-state index contributed by atoms with van der Waals surface area (Å²) in [5, 5.41) is 4.03. The number of pyridine rings is 2. The fraction of sp³-hybridized carbons (Fsp3) is 0.318. The molecule has 1 aliphatic heterocycles. The molecule has 3 heterocycles. The summed E-state index contributed by atoms with van der Waals surface area (Å²) in [4.78, 5) is 26.0. The Morgan fingerprint density at radius 2 is 1.79 bits per heavy atom. The molecule has 0 atom stereocenters. The summed E-state index contributed by atoms with van der Waals surface area (Å²) in [5.74, 6) is 0.947. The van der Waals surface area contributed by atoms with E-state index in [9.17, 15) is 4.79 Å². The normalized spacial score (nSPS) is 14.9. The number of benzene rings is 1. The second kappa shape index (κ2) is 8.80. The van der Waals surface area contributed by atoms with Crippen LogP contribution in [0.15, 0.2) is 60.8 Å². The van der Waals surface area contributed by atoms with Crippen molar-refractivity contribution in [3.05, 3.63) is 66.5 Å². The largest absolute Gasteiger partial charge is 0.354 e. The lowest BCUT2D eigenvalue weighted by molar-refractivity contribution is 0.0947. The third kappa shape index (κ3) is 4.46. The highest BCUT2D eigenvalue weighted by Gasteiger charge is 2.17. The van der Waals surface area contributed by atoms with Crippen molar-refractivity contribution in [2.24, 2.45) is 0 Å². The minimum Gasteiger partial charge on any atom is -0.354 e. The van der Waals surface area contributed by atoms with Gasteiger partial charge in [-0.2, -0.15) is 0 Å². The Labute approximate surface area is 165 Å². The van der Waals surface area contributed by atoms with Crippen LogP contribution in [0.3, 0.4) is 0 Å². The van der Waals surface area contributed by atoms with Gasteiger partial charge >= 0.3 is 0 Å². The van der Waals surface area contributed by atoms with Crippen molar-refractivity contribution >= 4 is 22.6 Å². The molecule has 28 heavy (non-hydrogen) atoms. The van der Waals surface area contributed by atoms with Crippen molar-refractivity contribution in [2.75, 3.05) is 44.2 Å². The van der Waals surface area contributed by atoms with Crippen LogP contribution in [0, 0.1) is 0 Å². The highest BCUT2D eigenvalue weighted by Crippen LogP contribution is 2.13. The van der Waals surface area contributed by atoms with Crippen molar-refractivity contribution in [1.82, 2.24) is 20.2 Å². The first-order chi connectivity index (χ1) is 13.8. The summed E-state index contributed by atoms with van der Waals surface area (Å²) in [6.45, 7) is 5.68. The van der Waals surface area contributed by atoms with E-state index in [-0.39, 0.29) is 5.91 Å². The molecule has 3 aromatic rings. The molecule has 1 aliphatic rings. The second-order valence-electron chi connectivity index (χ2n) is 7.02. The highest BCUT2D eigenvalue weighted by atomic mass is 16.1. The van der Waals surface area contributed by atoms with Gasteiger partial charge < -0.3 is 10.2 Å². The Morgan fingerprint density at radius 3 is 2.61 bits per heavy atom. The van der Waals surface area contributed by atoms with Gasteiger partial charge in [0.15, 0.2) is 0 Å². The number of carbonyl (C=O) groups is 1. The van der Waals surface area contributed by atoms with Gasteiger partial charge in [0.1, 0.15) is 11.5 Å². The molecular weight excluding hydrogens is 350 g/mol. The Hall–Kier alpha value is -2.99.